The van der Waals surface area contributed by atoms with Gasteiger partial charge in [-0.2, -0.15) is 0 Å². The molecule has 1 unspecified atom stereocenters. The van der Waals surface area contributed by atoms with E-state index in [9.17, 15) is 0 Å². The maximum absolute atomic E-state index is 5.50. The highest BCUT2D eigenvalue weighted by atomic mass is 35.5. The second-order valence-corrected chi connectivity index (χ2v) is 7.87. The van der Waals surface area contributed by atoms with Crippen molar-refractivity contribution in [2.24, 2.45) is 28.9 Å². The van der Waals surface area contributed by atoms with Crippen LogP contribution in [-0.4, -0.2) is 16.2 Å². The monoisotopic (exact) mass is 326 g/mol. The molecule has 124 valence electrons. The Bertz CT molecular complexity index is 483. The summed E-state index contributed by atoms with van der Waals surface area (Å²) >= 11 is 0. The van der Waals surface area contributed by atoms with Crippen LogP contribution in [-0.2, 0) is 6.54 Å². The zero-order chi connectivity index (χ0) is 14.4. The Balaban J connectivity index is 0.00000144. The summed E-state index contributed by atoms with van der Waals surface area (Å²) in [5.74, 6) is 3.53. The van der Waals surface area contributed by atoms with Gasteiger partial charge in [0.1, 0.15) is 0 Å². The van der Waals surface area contributed by atoms with Crippen LogP contribution in [0.2, 0.25) is 0 Å². The predicted molar refractivity (Wildman–Crippen MR) is 87.7 cm³/mol. The van der Waals surface area contributed by atoms with Crippen LogP contribution in [0.15, 0.2) is 4.42 Å². The molecule has 4 aliphatic carbocycles. The highest BCUT2D eigenvalue weighted by molar-refractivity contribution is 5.85. The normalized spacial score (nSPS) is 36.9. The van der Waals surface area contributed by atoms with Gasteiger partial charge in [0.05, 0.1) is 6.54 Å². The number of nitrogens with zero attached hydrogens (tertiary/aromatic N) is 2. The predicted octanol–water partition coefficient (Wildman–Crippen LogP) is 3.36. The summed E-state index contributed by atoms with van der Waals surface area (Å²) in [5, 5.41) is 11.3. The largest absolute Gasteiger partial charge is 0.407 e. The molecule has 1 aromatic heterocycles. The molecular weight excluding hydrogens is 300 g/mol. The van der Waals surface area contributed by atoms with Crippen molar-refractivity contribution in [1.82, 2.24) is 10.2 Å². The minimum absolute atomic E-state index is 0. The Kier molecular flexibility index (Phi) is 4.38. The topological polar surface area (TPSA) is 77.0 Å². The second kappa shape index (κ2) is 6.00. The Morgan fingerprint density at radius 3 is 2.27 bits per heavy atom. The van der Waals surface area contributed by atoms with Crippen molar-refractivity contribution >= 4 is 18.4 Å². The average Bonchev–Trinajstić information content (AvgIpc) is 2.83. The highest BCUT2D eigenvalue weighted by Crippen LogP contribution is 2.61. The van der Waals surface area contributed by atoms with Crippen LogP contribution in [0.5, 0.6) is 0 Å². The third-order valence-corrected chi connectivity index (χ3v) is 5.92. The van der Waals surface area contributed by atoms with Gasteiger partial charge in [0.25, 0.3) is 0 Å². The molecule has 5 nitrogen and oxygen atoms in total. The first kappa shape index (κ1) is 16.1. The minimum Gasteiger partial charge on any atom is -0.407 e. The summed E-state index contributed by atoms with van der Waals surface area (Å²) in [5.41, 5.74) is 6.09. The van der Waals surface area contributed by atoms with Crippen LogP contribution >= 0.6 is 12.4 Å². The van der Waals surface area contributed by atoms with Crippen molar-refractivity contribution in [2.45, 2.75) is 64.5 Å². The van der Waals surface area contributed by atoms with Gasteiger partial charge >= 0.3 is 6.01 Å². The van der Waals surface area contributed by atoms with E-state index in [1.165, 1.54) is 44.9 Å². The first-order valence-corrected chi connectivity index (χ1v) is 8.43. The molecule has 0 spiro atoms. The van der Waals surface area contributed by atoms with E-state index < -0.39 is 0 Å². The lowest BCUT2D eigenvalue weighted by atomic mass is 9.48. The van der Waals surface area contributed by atoms with Crippen molar-refractivity contribution in [3.05, 3.63) is 5.89 Å². The smallest absolute Gasteiger partial charge is 0.315 e. The summed E-state index contributed by atoms with van der Waals surface area (Å²) in [4.78, 5) is 0. The van der Waals surface area contributed by atoms with Gasteiger partial charge in [-0.3, -0.25) is 0 Å². The summed E-state index contributed by atoms with van der Waals surface area (Å²) in [6, 6.07) is 0.903. The fourth-order valence-corrected chi connectivity index (χ4v) is 5.85. The molecule has 6 heteroatoms. The molecule has 3 N–H and O–H groups in total. The van der Waals surface area contributed by atoms with Gasteiger partial charge < -0.3 is 15.5 Å². The van der Waals surface area contributed by atoms with Gasteiger partial charge in [0.2, 0.25) is 5.89 Å². The highest BCUT2D eigenvalue weighted by Gasteiger charge is 2.50. The third-order valence-electron chi connectivity index (χ3n) is 5.92. The number of aromatic nitrogens is 2. The quantitative estimate of drug-likeness (QED) is 0.867. The van der Waals surface area contributed by atoms with E-state index in [1.807, 2.05) is 0 Å². The molecule has 0 amide bonds. The van der Waals surface area contributed by atoms with E-state index in [0.717, 1.165) is 17.8 Å². The van der Waals surface area contributed by atoms with Crippen molar-refractivity contribution in [3.63, 3.8) is 0 Å². The molecule has 0 aromatic carbocycles. The fourth-order valence-electron chi connectivity index (χ4n) is 5.85. The lowest BCUT2D eigenvalue weighted by molar-refractivity contribution is -0.0588. The van der Waals surface area contributed by atoms with Gasteiger partial charge in [0.15, 0.2) is 0 Å². The summed E-state index contributed by atoms with van der Waals surface area (Å²) in [6.45, 7) is 2.54. The maximum atomic E-state index is 5.50. The number of nitrogens with one attached hydrogen (secondary N) is 1. The zero-order valence-electron chi connectivity index (χ0n) is 13.3. The lowest BCUT2D eigenvalue weighted by Crippen LogP contribution is -2.47. The fraction of sp³-hybridized carbons (Fsp3) is 0.875. The zero-order valence-corrected chi connectivity index (χ0v) is 14.1. The van der Waals surface area contributed by atoms with E-state index in [2.05, 4.69) is 22.4 Å². The summed E-state index contributed by atoms with van der Waals surface area (Å²) in [6.07, 6.45) is 10.1. The molecule has 5 rings (SSSR count). The molecule has 4 fully saturated rings. The number of rotatable bonds is 5. The average molecular weight is 327 g/mol. The Morgan fingerprint density at radius 1 is 1.18 bits per heavy atom. The number of hydrogen-bond acceptors (Lipinski definition) is 5. The van der Waals surface area contributed by atoms with E-state index in [4.69, 9.17) is 10.2 Å². The van der Waals surface area contributed by atoms with Gasteiger partial charge in [-0.25, -0.2) is 0 Å². The molecular formula is C16H27ClN4O. The number of halogens is 1. The molecule has 0 aliphatic heterocycles. The van der Waals surface area contributed by atoms with E-state index >= 15 is 0 Å². The van der Waals surface area contributed by atoms with Crippen LogP contribution in [0.25, 0.3) is 0 Å². The van der Waals surface area contributed by atoms with Crippen LogP contribution < -0.4 is 11.1 Å². The molecule has 1 heterocycles. The van der Waals surface area contributed by atoms with E-state index in [1.54, 1.807) is 0 Å². The maximum Gasteiger partial charge on any atom is 0.315 e. The first-order valence-electron chi connectivity index (χ1n) is 8.43. The molecule has 4 aliphatic rings. The van der Waals surface area contributed by atoms with Gasteiger partial charge in [-0.05, 0) is 75.0 Å². The molecule has 0 saturated heterocycles. The third kappa shape index (κ3) is 2.98. The van der Waals surface area contributed by atoms with Crippen molar-refractivity contribution in [1.29, 1.82) is 0 Å². The molecule has 4 saturated carbocycles. The standard InChI is InChI=1S/C16H26N4O.ClH/c1-10(18-15-20-19-14(9-17)21-15)5-16-6-11-2-12(7-16)4-13(3-11)8-16;/h10-13H,2-9,17H2,1H3,(H,18,20);1H. The number of nitrogens with two attached hydrogens (primary N) is 1. The van der Waals surface area contributed by atoms with Crippen LogP contribution in [0.1, 0.15) is 57.8 Å². The van der Waals surface area contributed by atoms with Crippen LogP contribution in [0, 0.1) is 23.2 Å². The van der Waals surface area contributed by atoms with Gasteiger partial charge in [-0.15, -0.1) is 17.5 Å². The molecule has 1 aromatic rings. The van der Waals surface area contributed by atoms with Crippen molar-refractivity contribution in [2.75, 3.05) is 5.32 Å². The van der Waals surface area contributed by atoms with E-state index in [-0.39, 0.29) is 12.4 Å². The molecule has 1 atom stereocenters. The van der Waals surface area contributed by atoms with E-state index in [0.29, 0.717) is 29.9 Å². The SMILES string of the molecule is CC(CC12CC3CC(CC(C3)C1)C2)Nc1nnc(CN)o1.Cl. The molecule has 22 heavy (non-hydrogen) atoms. The minimum atomic E-state index is 0. The first-order chi connectivity index (χ1) is 10.1. The second-order valence-electron chi connectivity index (χ2n) is 7.87. The Morgan fingerprint density at radius 2 is 1.77 bits per heavy atom. The number of hydrogen-bond donors (Lipinski definition) is 2. The Hall–Kier alpha value is -0.810. The number of anilines is 1. The van der Waals surface area contributed by atoms with Gasteiger partial charge in [0, 0.05) is 6.04 Å². The van der Waals surface area contributed by atoms with Gasteiger partial charge in [-0.1, -0.05) is 5.10 Å². The molecule has 0 radical (unpaired) electrons. The lowest BCUT2D eigenvalue weighted by Gasteiger charge is -2.57. The summed E-state index contributed by atoms with van der Waals surface area (Å²) in [7, 11) is 0. The van der Waals surface area contributed by atoms with Crippen LogP contribution in [0.4, 0.5) is 6.01 Å². The Labute approximate surface area is 138 Å². The van der Waals surface area contributed by atoms with Crippen LogP contribution in [0.3, 0.4) is 0 Å². The van der Waals surface area contributed by atoms with Crippen molar-refractivity contribution < 1.29 is 4.42 Å². The molecule has 4 bridgehead atoms. The van der Waals surface area contributed by atoms with Crippen molar-refractivity contribution in [3.8, 4) is 0 Å². The summed E-state index contributed by atoms with van der Waals surface area (Å²) < 4.78 is 5.47.